The maximum atomic E-state index is 12.0. The van der Waals surface area contributed by atoms with E-state index in [0.29, 0.717) is 6.54 Å². The number of carbonyl (C=O) groups is 1. The van der Waals surface area contributed by atoms with Crippen molar-refractivity contribution in [1.82, 2.24) is 10.2 Å². The van der Waals surface area contributed by atoms with Crippen LogP contribution in [-0.4, -0.2) is 30.9 Å². The number of likely N-dealkylation sites (N-methyl/N-ethyl adjacent to an activating group) is 1. The van der Waals surface area contributed by atoms with Crippen molar-refractivity contribution in [2.24, 2.45) is 5.92 Å². The van der Waals surface area contributed by atoms with Gasteiger partial charge >= 0.3 is 0 Å². The van der Waals surface area contributed by atoms with Gasteiger partial charge in [0.25, 0.3) is 0 Å². The Bertz CT molecular complexity index is 392. The molecule has 19 heavy (non-hydrogen) atoms. The van der Waals surface area contributed by atoms with E-state index < -0.39 is 0 Å². The van der Waals surface area contributed by atoms with Gasteiger partial charge in [-0.2, -0.15) is 0 Å². The SMILES string of the molecule is CC(c1ccccc1)N(C)C(=O)CNCC1CC1.Cl. The zero-order chi connectivity index (χ0) is 13.0. The van der Waals surface area contributed by atoms with E-state index in [1.54, 1.807) is 0 Å². The van der Waals surface area contributed by atoms with Crippen molar-refractivity contribution in [3.05, 3.63) is 35.9 Å². The lowest BCUT2D eigenvalue weighted by atomic mass is 10.1. The van der Waals surface area contributed by atoms with E-state index in [1.165, 1.54) is 18.4 Å². The van der Waals surface area contributed by atoms with Crippen LogP contribution in [0.5, 0.6) is 0 Å². The van der Waals surface area contributed by atoms with Crippen LogP contribution in [0.3, 0.4) is 0 Å². The Hall–Kier alpha value is -1.06. The Morgan fingerprint density at radius 1 is 1.37 bits per heavy atom. The van der Waals surface area contributed by atoms with E-state index in [9.17, 15) is 4.79 Å². The van der Waals surface area contributed by atoms with Crippen molar-refractivity contribution in [2.75, 3.05) is 20.1 Å². The van der Waals surface area contributed by atoms with E-state index in [-0.39, 0.29) is 24.4 Å². The monoisotopic (exact) mass is 282 g/mol. The molecule has 1 aliphatic rings. The van der Waals surface area contributed by atoms with Gasteiger partial charge in [0, 0.05) is 7.05 Å². The van der Waals surface area contributed by atoms with Gasteiger partial charge < -0.3 is 10.2 Å². The summed E-state index contributed by atoms with van der Waals surface area (Å²) in [4.78, 5) is 13.8. The summed E-state index contributed by atoms with van der Waals surface area (Å²) in [6.45, 7) is 3.50. The van der Waals surface area contributed by atoms with E-state index in [4.69, 9.17) is 0 Å². The molecule has 1 fully saturated rings. The Labute approximate surface area is 121 Å². The molecule has 3 nitrogen and oxygen atoms in total. The average Bonchev–Trinajstić information content (AvgIpc) is 3.22. The first-order chi connectivity index (χ1) is 8.68. The maximum absolute atomic E-state index is 12.0. The minimum atomic E-state index is 0. The second-order valence-corrected chi connectivity index (χ2v) is 5.17. The van der Waals surface area contributed by atoms with Gasteiger partial charge in [-0.3, -0.25) is 4.79 Å². The molecule has 0 aliphatic heterocycles. The van der Waals surface area contributed by atoms with Crippen LogP contribution in [0.25, 0.3) is 0 Å². The standard InChI is InChI=1S/C15H22N2O.ClH/c1-12(14-6-4-3-5-7-14)17(2)15(18)11-16-10-13-8-9-13;/h3-7,12-13,16H,8-11H2,1-2H3;1H. The van der Waals surface area contributed by atoms with Crippen molar-refractivity contribution < 1.29 is 4.79 Å². The average molecular weight is 283 g/mol. The summed E-state index contributed by atoms with van der Waals surface area (Å²) in [5, 5.41) is 3.24. The zero-order valence-electron chi connectivity index (χ0n) is 11.6. The van der Waals surface area contributed by atoms with Crippen LogP contribution in [0.15, 0.2) is 30.3 Å². The molecule has 0 heterocycles. The lowest BCUT2D eigenvalue weighted by Gasteiger charge is -2.25. The first-order valence-corrected chi connectivity index (χ1v) is 6.70. The van der Waals surface area contributed by atoms with Crippen molar-refractivity contribution in [3.8, 4) is 0 Å². The lowest BCUT2D eigenvalue weighted by molar-refractivity contribution is -0.130. The van der Waals surface area contributed by atoms with Gasteiger partial charge in [-0.25, -0.2) is 0 Å². The molecule has 0 aromatic heterocycles. The highest BCUT2D eigenvalue weighted by atomic mass is 35.5. The minimum Gasteiger partial charge on any atom is -0.338 e. The normalized spacial score (nSPS) is 15.5. The number of nitrogens with zero attached hydrogens (tertiary/aromatic N) is 1. The number of nitrogens with one attached hydrogen (secondary N) is 1. The second-order valence-electron chi connectivity index (χ2n) is 5.17. The third-order valence-electron chi connectivity index (χ3n) is 3.66. The van der Waals surface area contributed by atoms with Crippen LogP contribution in [0.1, 0.15) is 31.4 Å². The Balaban J connectivity index is 0.00000180. The molecule has 1 aromatic rings. The number of hydrogen-bond acceptors (Lipinski definition) is 2. The van der Waals surface area contributed by atoms with Crippen molar-refractivity contribution >= 4 is 18.3 Å². The number of amides is 1. The van der Waals surface area contributed by atoms with E-state index in [0.717, 1.165) is 12.5 Å². The minimum absolute atomic E-state index is 0. The fourth-order valence-corrected chi connectivity index (χ4v) is 2.00. The van der Waals surface area contributed by atoms with Crippen LogP contribution < -0.4 is 5.32 Å². The first-order valence-electron chi connectivity index (χ1n) is 6.70. The van der Waals surface area contributed by atoms with Gasteiger partial charge in [0.1, 0.15) is 0 Å². The Morgan fingerprint density at radius 2 is 2.00 bits per heavy atom. The van der Waals surface area contributed by atoms with Crippen molar-refractivity contribution in [3.63, 3.8) is 0 Å². The predicted octanol–water partition coefficient (Wildman–Crippen LogP) is 2.63. The van der Waals surface area contributed by atoms with Crippen LogP contribution in [0.4, 0.5) is 0 Å². The summed E-state index contributed by atoms with van der Waals surface area (Å²) in [6.07, 6.45) is 2.63. The molecule has 1 aromatic carbocycles. The molecular weight excluding hydrogens is 260 g/mol. The fourth-order valence-electron chi connectivity index (χ4n) is 2.00. The topological polar surface area (TPSA) is 32.3 Å². The largest absolute Gasteiger partial charge is 0.338 e. The highest BCUT2D eigenvalue weighted by Crippen LogP contribution is 2.27. The van der Waals surface area contributed by atoms with Crippen LogP contribution in [-0.2, 0) is 4.79 Å². The van der Waals surface area contributed by atoms with Crippen molar-refractivity contribution in [2.45, 2.75) is 25.8 Å². The molecule has 1 N–H and O–H groups in total. The van der Waals surface area contributed by atoms with Crippen LogP contribution >= 0.6 is 12.4 Å². The Kier molecular flexibility index (Phi) is 6.32. The molecule has 1 aliphatic carbocycles. The van der Waals surface area contributed by atoms with Gasteiger partial charge in [-0.05, 0) is 37.8 Å². The van der Waals surface area contributed by atoms with Gasteiger partial charge in [-0.1, -0.05) is 30.3 Å². The number of halogens is 1. The summed E-state index contributed by atoms with van der Waals surface area (Å²) >= 11 is 0. The molecule has 0 radical (unpaired) electrons. The predicted molar refractivity (Wildman–Crippen MR) is 80.5 cm³/mol. The highest BCUT2D eigenvalue weighted by Gasteiger charge is 2.22. The molecule has 0 bridgehead atoms. The summed E-state index contributed by atoms with van der Waals surface area (Å²) in [7, 11) is 1.87. The summed E-state index contributed by atoms with van der Waals surface area (Å²) in [5.41, 5.74) is 1.18. The lowest BCUT2D eigenvalue weighted by Crippen LogP contribution is -2.37. The van der Waals surface area contributed by atoms with Crippen molar-refractivity contribution in [1.29, 1.82) is 0 Å². The molecule has 4 heteroatoms. The zero-order valence-corrected chi connectivity index (χ0v) is 12.5. The van der Waals surface area contributed by atoms with Gasteiger partial charge in [0.15, 0.2) is 0 Å². The molecular formula is C15H23ClN2O. The molecule has 1 unspecified atom stereocenters. The van der Waals surface area contributed by atoms with Gasteiger partial charge in [0.2, 0.25) is 5.91 Å². The quantitative estimate of drug-likeness (QED) is 0.870. The molecule has 2 rings (SSSR count). The van der Waals surface area contributed by atoms with E-state index >= 15 is 0 Å². The highest BCUT2D eigenvalue weighted by molar-refractivity contribution is 5.85. The molecule has 0 spiro atoms. The molecule has 1 saturated carbocycles. The number of rotatable bonds is 6. The summed E-state index contributed by atoms with van der Waals surface area (Å²) in [5.74, 6) is 0.974. The number of hydrogen-bond donors (Lipinski definition) is 1. The Morgan fingerprint density at radius 3 is 2.58 bits per heavy atom. The van der Waals surface area contributed by atoms with Crippen LogP contribution in [0.2, 0.25) is 0 Å². The molecule has 1 atom stereocenters. The molecule has 106 valence electrons. The van der Waals surface area contributed by atoms with E-state index in [2.05, 4.69) is 24.4 Å². The van der Waals surface area contributed by atoms with E-state index in [1.807, 2.05) is 30.1 Å². The van der Waals surface area contributed by atoms with Gasteiger partial charge in [0.05, 0.1) is 12.6 Å². The third kappa shape index (κ3) is 4.84. The smallest absolute Gasteiger partial charge is 0.236 e. The molecule has 0 saturated heterocycles. The summed E-state index contributed by atoms with van der Waals surface area (Å²) in [6, 6.07) is 10.3. The second kappa shape index (κ2) is 7.51. The number of benzene rings is 1. The fraction of sp³-hybridized carbons (Fsp3) is 0.533. The number of carbonyl (C=O) groups excluding carboxylic acids is 1. The summed E-state index contributed by atoms with van der Waals surface area (Å²) < 4.78 is 0. The van der Waals surface area contributed by atoms with Crippen LogP contribution in [0, 0.1) is 5.92 Å². The maximum Gasteiger partial charge on any atom is 0.236 e. The van der Waals surface area contributed by atoms with Gasteiger partial charge in [-0.15, -0.1) is 12.4 Å². The first kappa shape index (κ1) is 16.0. The molecule has 1 amide bonds. The third-order valence-corrected chi connectivity index (χ3v) is 3.66.